The zero-order valence-corrected chi connectivity index (χ0v) is 45.1. The lowest BCUT2D eigenvalue weighted by Gasteiger charge is -2.32. The van der Waals surface area contributed by atoms with Crippen LogP contribution in [0.1, 0.15) is 79.2 Å². The molecule has 2 amide bonds. The number of fused-ring (bicyclic) bond motifs is 2. The average Bonchev–Trinajstić information content (AvgIpc) is 3.33. The van der Waals surface area contributed by atoms with Gasteiger partial charge in [-0.2, -0.15) is 22.0 Å². The van der Waals surface area contributed by atoms with Crippen LogP contribution in [-0.2, 0) is 40.8 Å². The molecule has 8 rings (SSSR count). The van der Waals surface area contributed by atoms with Gasteiger partial charge in [-0.15, -0.1) is 0 Å². The van der Waals surface area contributed by atoms with Crippen LogP contribution in [0.3, 0.4) is 0 Å². The fourth-order valence-electron chi connectivity index (χ4n) is 9.24. The van der Waals surface area contributed by atoms with Gasteiger partial charge in [0.1, 0.15) is 48.8 Å². The number of amides is 2. The highest BCUT2D eigenvalue weighted by Gasteiger charge is 2.38. The first-order chi connectivity index (χ1) is 35.0. The predicted molar refractivity (Wildman–Crippen MR) is 278 cm³/mol. The Kier molecular flexibility index (Phi) is 16.6. The Labute approximate surface area is 430 Å². The van der Waals surface area contributed by atoms with Crippen molar-refractivity contribution in [2.45, 2.75) is 72.6 Å². The van der Waals surface area contributed by atoms with E-state index >= 15 is 4.39 Å². The van der Waals surface area contributed by atoms with Crippen molar-refractivity contribution in [3.63, 3.8) is 0 Å². The molecule has 0 bridgehead atoms. The van der Waals surface area contributed by atoms with Crippen molar-refractivity contribution in [3.8, 4) is 0 Å². The van der Waals surface area contributed by atoms with Gasteiger partial charge in [-0.25, -0.2) is 37.5 Å². The summed E-state index contributed by atoms with van der Waals surface area (Å²) in [6.45, 7) is 11.5. The number of carbonyl (C=O) groups is 2. The van der Waals surface area contributed by atoms with E-state index in [-0.39, 0.29) is 41.1 Å². The summed E-state index contributed by atoms with van der Waals surface area (Å²) in [7, 11) is -9.52. The van der Waals surface area contributed by atoms with E-state index in [1.165, 1.54) is 45.2 Å². The second kappa shape index (κ2) is 21.9. The third kappa shape index (κ3) is 13.0. The fourth-order valence-corrected chi connectivity index (χ4v) is 14.7. The van der Waals surface area contributed by atoms with Gasteiger partial charge in [0.2, 0.25) is 21.8 Å². The van der Waals surface area contributed by atoms with E-state index in [9.17, 15) is 49.1 Å². The lowest BCUT2D eigenvalue weighted by molar-refractivity contribution is -0.138. The first-order valence-corrected chi connectivity index (χ1v) is 30.0. The molecule has 2 aliphatic rings. The summed E-state index contributed by atoms with van der Waals surface area (Å²) in [6.07, 6.45) is -0.808. The molecule has 25 heteroatoms. The number of sulfonamides is 1. The number of benzene rings is 3. The van der Waals surface area contributed by atoms with E-state index in [1.54, 1.807) is 54.3 Å². The molecule has 2 atom stereocenters. The number of aromatic nitrogens is 5. The third-order valence-corrected chi connectivity index (χ3v) is 20.1. The largest absolute Gasteiger partial charge is 0.416 e. The SMILES string of the molecule is CC(=O)N1CCP(=O)(c2cc3c(N[C@H](C)c4cccc(C(F)(F)CNS(C)(=O)=O)c4F)nc(C)nc3cn2)CC1.CC(=O)N1CCP(=O)(c2ccc3nc(C)nc(N[C@H](C)c4cccc(C(F)(F)F)c4C)c3c2)CC1. The molecular formula is C50H58F6N10O6P2S. The highest BCUT2D eigenvalue weighted by molar-refractivity contribution is 7.88. The Hall–Kier alpha value is -6.02. The Morgan fingerprint density at radius 1 is 0.693 bits per heavy atom. The highest BCUT2D eigenvalue weighted by atomic mass is 32.2. The molecule has 402 valence electrons. The van der Waals surface area contributed by atoms with Gasteiger partial charge in [-0.05, 0) is 76.1 Å². The van der Waals surface area contributed by atoms with Gasteiger partial charge in [0.15, 0.2) is 0 Å². The van der Waals surface area contributed by atoms with Crippen LogP contribution in [0.25, 0.3) is 21.8 Å². The van der Waals surface area contributed by atoms with Crippen LogP contribution in [0.2, 0.25) is 0 Å². The maximum Gasteiger partial charge on any atom is 0.416 e. The first-order valence-electron chi connectivity index (χ1n) is 23.9. The molecule has 2 saturated heterocycles. The number of hydrogen-bond donors (Lipinski definition) is 3. The monoisotopic (exact) mass is 1100 g/mol. The Morgan fingerprint density at radius 2 is 1.19 bits per heavy atom. The zero-order valence-electron chi connectivity index (χ0n) is 42.5. The maximum atomic E-state index is 15.4. The number of halogens is 6. The summed E-state index contributed by atoms with van der Waals surface area (Å²) in [5.74, 6) is -3.43. The van der Waals surface area contributed by atoms with Crippen LogP contribution in [0.5, 0.6) is 0 Å². The third-order valence-electron chi connectivity index (χ3n) is 13.5. The van der Waals surface area contributed by atoms with Gasteiger partial charge < -0.3 is 29.6 Å². The fraction of sp³-hybridized carbons (Fsp3) is 0.420. The second-order valence-corrected chi connectivity index (χ2v) is 27.1. The van der Waals surface area contributed by atoms with Gasteiger partial charge in [0, 0.05) is 86.3 Å². The van der Waals surface area contributed by atoms with Crippen LogP contribution in [-0.4, -0.2) is 119 Å². The van der Waals surface area contributed by atoms with Crippen molar-refractivity contribution in [3.05, 3.63) is 112 Å². The smallest absolute Gasteiger partial charge is 0.363 e. The van der Waals surface area contributed by atoms with Crippen LogP contribution in [0, 0.1) is 26.6 Å². The zero-order chi connectivity index (χ0) is 55.0. The lowest BCUT2D eigenvalue weighted by atomic mass is 9.97. The lowest BCUT2D eigenvalue weighted by Crippen LogP contribution is -2.40. The number of aryl methyl sites for hydroxylation is 2. The summed E-state index contributed by atoms with van der Waals surface area (Å²) in [6, 6.07) is 13.5. The molecule has 16 nitrogen and oxygen atoms in total. The maximum absolute atomic E-state index is 15.4. The number of carbonyl (C=O) groups excluding carboxylic acids is 2. The Bertz CT molecular complexity index is 3380. The molecule has 75 heavy (non-hydrogen) atoms. The van der Waals surface area contributed by atoms with E-state index in [4.69, 9.17) is 0 Å². The van der Waals surface area contributed by atoms with Gasteiger partial charge >= 0.3 is 6.18 Å². The van der Waals surface area contributed by atoms with Gasteiger partial charge in [0.05, 0.1) is 53.2 Å². The highest BCUT2D eigenvalue weighted by Crippen LogP contribution is 2.48. The van der Waals surface area contributed by atoms with Crippen molar-refractivity contribution < 1.29 is 53.5 Å². The topological polar surface area (TPSA) is 209 Å². The Balaban J connectivity index is 0.000000221. The average molecular weight is 1100 g/mol. The molecule has 0 unspecified atom stereocenters. The molecule has 3 N–H and O–H groups in total. The molecule has 0 aliphatic carbocycles. The van der Waals surface area contributed by atoms with Crippen LogP contribution >= 0.6 is 14.3 Å². The van der Waals surface area contributed by atoms with Crippen molar-refractivity contribution in [1.82, 2.24) is 39.4 Å². The van der Waals surface area contributed by atoms with E-state index < -0.39 is 72.0 Å². The second-order valence-electron chi connectivity index (χ2n) is 18.9. The van der Waals surface area contributed by atoms with Crippen molar-refractivity contribution >= 4 is 80.3 Å². The number of hydrogen-bond acceptors (Lipinski definition) is 13. The van der Waals surface area contributed by atoms with Crippen molar-refractivity contribution in [1.29, 1.82) is 0 Å². The van der Waals surface area contributed by atoms with Gasteiger partial charge in [0.25, 0.3) is 5.92 Å². The molecule has 2 fully saturated rings. The van der Waals surface area contributed by atoms with E-state index in [2.05, 4.69) is 35.6 Å². The minimum atomic E-state index is -4.43. The number of rotatable bonds is 12. The molecule has 0 radical (unpaired) electrons. The van der Waals surface area contributed by atoms with Crippen molar-refractivity contribution in [2.24, 2.45) is 0 Å². The number of nitrogens with one attached hydrogen (secondary N) is 3. The number of nitrogens with zero attached hydrogens (tertiary/aromatic N) is 7. The summed E-state index contributed by atoms with van der Waals surface area (Å²) >= 11 is 0. The predicted octanol–water partition coefficient (Wildman–Crippen LogP) is 8.43. The van der Waals surface area contributed by atoms with Gasteiger partial charge in [-0.3, -0.25) is 14.6 Å². The first kappa shape index (κ1) is 56.7. The molecule has 2 aliphatic heterocycles. The normalized spacial score (nSPS) is 16.7. The molecule has 3 aromatic carbocycles. The number of alkyl halides is 5. The minimum absolute atomic E-state index is 0.0241. The number of anilines is 2. The van der Waals surface area contributed by atoms with E-state index in [1.807, 2.05) is 18.2 Å². The summed E-state index contributed by atoms with van der Waals surface area (Å²) < 4.78 is 137. The summed E-state index contributed by atoms with van der Waals surface area (Å²) in [4.78, 5) is 48.9. The molecular weight excluding hydrogens is 1040 g/mol. The molecule has 5 heterocycles. The van der Waals surface area contributed by atoms with Crippen molar-refractivity contribution in [2.75, 3.05) is 74.3 Å². The Morgan fingerprint density at radius 3 is 1.72 bits per heavy atom. The minimum Gasteiger partial charge on any atom is -0.363 e. The van der Waals surface area contributed by atoms with Gasteiger partial charge in [-0.1, -0.05) is 30.3 Å². The quantitative estimate of drug-likeness (QED) is 0.0778. The molecule has 0 spiro atoms. The standard InChI is InChI=1S/C25H30F3N6O4PS.C25H28F3N4O2P/c1-15(18-6-5-7-20(23(18)26)25(27,28)14-30-40(4,37)38)31-24-19-12-22(29-13-21(19)32-16(2)33-24)39(36)10-8-34(9-11-39)17(3)35;1-15-20(6-5-7-22(15)25(26,27)28)16(2)29-24-21-14-19(8-9-23(21)30-17(3)31-24)35(34)12-10-32(11-13-35)18(4)33/h5-7,12-13,15,30H,8-11,14H2,1-4H3,(H,31,32,33);5-9,14,16H,10-13H2,1-4H3,(H,29,30,31)/t15-;16-/m11/s1. The van der Waals surface area contributed by atoms with E-state index in [0.29, 0.717) is 94.1 Å². The van der Waals surface area contributed by atoms with Crippen LogP contribution < -0.4 is 26.1 Å². The summed E-state index contributed by atoms with van der Waals surface area (Å²) in [5, 5.41) is 8.17. The summed E-state index contributed by atoms with van der Waals surface area (Å²) in [5.41, 5.74) is 0.474. The number of pyridine rings is 1. The van der Waals surface area contributed by atoms with Crippen LogP contribution in [0.4, 0.5) is 38.0 Å². The van der Waals surface area contributed by atoms with E-state index in [0.717, 1.165) is 18.4 Å². The molecule has 6 aromatic rings. The van der Waals surface area contributed by atoms with Crippen LogP contribution in [0.15, 0.2) is 66.9 Å². The molecule has 0 saturated carbocycles. The molecule has 3 aromatic heterocycles.